The van der Waals surface area contributed by atoms with Gasteiger partial charge in [-0.2, -0.15) is 5.26 Å². The smallest absolute Gasteiger partial charge is 0.137 e. The number of aliphatic hydroxyl groups excluding tert-OH is 1. The van der Waals surface area contributed by atoms with Gasteiger partial charge in [-0.15, -0.1) is 0 Å². The van der Waals surface area contributed by atoms with Crippen LogP contribution in [-0.4, -0.2) is 30.4 Å². The van der Waals surface area contributed by atoms with Crippen LogP contribution in [0.4, 0.5) is 0 Å². The number of hydrogen-bond acceptors (Lipinski definition) is 4. The SMILES string of the molecule is CC(CC(C)(C)C)NCC(O)COc1ccccc1C#N. The van der Waals surface area contributed by atoms with Crippen LogP contribution in [0.5, 0.6) is 5.75 Å². The average Bonchev–Trinajstić information content (AvgIpc) is 2.41. The van der Waals surface area contributed by atoms with Crippen molar-refractivity contribution in [2.45, 2.75) is 46.3 Å². The molecule has 0 bridgehead atoms. The van der Waals surface area contributed by atoms with Gasteiger partial charge in [0.1, 0.15) is 24.5 Å². The summed E-state index contributed by atoms with van der Waals surface area (Å²) in [5.41, 5.74) is 0.748. The Morgan fingerprint density at radius 1 is 1.33 bits per heavy atom. The highest BCUT2D eigenvalue weighted by Crippen LogP contribution is 2.20. The van der Waals surface area contributed by atoms with Crippen LogP contribution in [0.2, 0.25) is 0 Å². The van der Waals surface area contributed by atoms with E-state index >= 15 is 0 Å². The molecule has 2 N–H and O–H groups in total. The normalized spacial score (nSPS) is 14.3. The van der Waals surface area contributed by atoms with Crippen molar-refractivity contribution in [1.29, 1.82) is 5.26 Å². The summed E-state index contributed by atoms with van der Waals surface area (Å²) in [5.74, 6) is 0.516. The molecule has 1 aromatic carbocycles. The molecule has 0 radical (unpaired) electrons. The zero-order chi connectivity index (χ0) is 15.9. The van der Waals surface area contributed by atoms with Crippen molar-refractivity contribution in [1.82, 2.24) is 5.32 Å². The predicted molar refractivity (Wildman–Crippen MR) is 84.2 cm³/mol. The highest BCUT2D eigenvalue weighted by atomic mass is 16.5. The number of nitrogens with zero attached hydrogens (tertiary/aromatic N) is 1. The van der Waals surface area contributed by atoms with Crippen molar-refractivity contribution >= 4 is 0 Å². The average molecular weight is 290 g/mol. The first kappa shape index (κ1) is 17.5. The fraction of sp³-hybridized carbons (Fsp3) is 0.588. The zero-order valence-electron chi connectivity index (χ0n) is 13.4. The van der Waals surface area contributed by atoms with E-state index in [1.165, 1.54) is 0 Å². The number of nitrogens with one attached hydrogen (secondary N) is 1. The minimum atomic E-state index is -0.598. The lowest BCUT2D eigenvalue weighted by Gasteiger charge is -2.25. The van der Waals surface area contributed by atoms with Crippen molar-refractivity contribution in [3.63, 3.8) is 0 Å². The lowest BCUT2D eigenvalue weighted by Crippen LogP contribution is -2.38. The maximum atomic E-state index is 9.95. The van der Waals surface area contributed by atoms with E-state index in [1.54, 1.807) is 18.2 Å². The van der Waals surface area contributed by atoms with Crippen LogP contribution < -0.4 is 10.1 Å². The van der Waals surface area contributed by atoms with Gasteiger partial charge in [0.25, 0.3) is 0 Å². The second-order valence-electron chi connectivity index (χ2n) is 6.65. The highest BCUT2D eigenvalue weighted by molar-refractivity contribution is 5.42. The molecule has 0 fully saturated rings. The number of hydrogen-bond donors (Lipinski definition) is 2. The molecule has 4 nitrogen and oxygen atoms in total. The molecule has 4 heteroatoms. The molecular weight excluding hydrogens is 264 g/mol. The van der Waals surface area contributed by atoms with Gasteiger partial charge in [-0.3, -0.25) is 0 Å². The molecule has 0 saturated carbocycles. The molecule has 116 valence electrons. The van der Waals surface area contributed by atoms with Gasteiger partial charge in [-0.05, 0) is 30.9 Å². The van der Waals surface area contributed by atoms with Gasteiger partial charge in [0.2, 0.25) is 0 Å². The first-order valence-electron chi connectivity index (χ1n) is 7.35. The maximum Gasteiger partial charge on any atom is 0.137 e. The predicted octanol–water partition coefficient (Wildman–Crippen LogP) is 2.71. The monoisotopic (exact) mass is 290 g/mol. The summed E-state index contributed by atoms with van der Waals surface area (Å²) < 4.78 is 5.51. The van der Waals surface area contributed by atoms with Crippen LogP contribution in [0.3, 0.4) is 0 Å². The van der Waals surface area contributed by atoms with Crippen LogP contribution in [0.25, 0.3) is 0 Å². The van der Waals surface area contributed by atoms with Crippen LogP contribution >= 0.6 is 0 Å². The van der Waals surface area contributed by atoms with Gasteiger partial charge >= 0.3 is 0 Å². The van der Waals surface area contributed by atoms with E-state index in [-0.39, 0.29) is 12.0 Å². The Labute approximate surface area is 127 Å². The summed E-state index contributed by atoms with van der Waals surface area (Å²) in [6.45, 7) is 9.36. The van der Waals surface area contributed by atoms with Gasteiger partial charge in [0, 0.05) is 12.6 Å². The summed E-state index contributed by atoms with van der Waals surface area (Å²) in [6, 6.07) is 9.45. The van der Waals surface area contributed by atoms with Crippen molar-refractivity contribution in [2.24, 2.45) is 5.41 Å². The Kier molecular flexibility index (Phi) is 6.67. The maximum absolute atomic E-state index is 9.95. The minimum Gasteiger partial charge on any atom is -0.489 e. The summed E-state index contributed by atoms with van der Waals surface area (Å²) >= 11 is 0. The molecule has 0 aliphatic heterocycles. The summed E-state index contributed by atoms with van der Waals surface area (Å²) in [7, 11) is 0. The first-order chi connectivity index (χ1) is 9.81. The Bertz CT molecular complexity index is 474. The number of ether oxygens (including phenoxy) is 1. The highest BCUT2D eigenvalue weighted by Gasteiger charge is 2.16. The number of benzene rings is 1. The molecule has 0 heterocycles. The number of rotatable bonds is 7. The van der Waals surface area contributed by atoms with E-state index < -0.39 is 6.10 Å². The molecule has 1 rings (SSSR count). The first-order valence-corrected chi connectivity index (χ1v) is 7.35. The lowest BCUT2D eigenvalue weighted by molar-refractivity contribution is 0.102. The fourth-order valence-corrected chi connectivity index (χ4v) is 2.26. The standard InChI is InChI=1S/C17H26N2O2/c1-13(9-17(2,3)4)19-11-15(20)12-21-16-8-6-5-7-14(16)10-18/h5-8,13,15,19-20H,9,11-12H2,1-4H3. The van der Waals surface area contributed by atoms with Gasteiger partial charge < -0.3 is 15.2 Å². The lowest BCUT2D eigenvalue weighted by atomic mass is 9.89. The third-order valence-corrected chi connectivity index (χ3v) is 3.06. The Balaban J connectivity index is 2.35. The molecule has 2 unspecified atom stereocenters. The molecule has 0 aromatic heterocycles. The molecule has 1 aromatic rings. The molecule has 0 saturated heterocycles. The molecule has 0 spiro atoms. The van der Waals surface area contributed by atoms with Crippen LogP contribution in [0.15, 0.2) is 24.3 Å². The molecule has 0 aliphatic rings. The number of aliphatic hydroxyl groups is 1. The van der Waals surface area contributed by atoms with Crippen LogP contribution in [-0.2, 0) is 0 Å². The molecule has 0 amide bonds. The van der Waals surface area contributed by atoms with Gasteiger partial charge in [0.05, 0.1) is 5.56 Å². The summed E-state index contributed by atoms with van der Waals surface area (Å²) in [6.07, 6.45) is 0.442. The Hall–Kier alpha value is -1.57. The van der Waals surface area contributed by atoms with E-state index in [4.69, 9.17) is 10.00 Å². The molecular formula is C17H26N2O2. The van der Waals surface area contributed by atoms with Crippen molar-refractivity contribution < 1.29 is 9.84 Å². The largest absolute Gasteiger partial charge is 0.489 e. The van der Waals surface area contributed by atoms with E-state index in [0.29, 0.717) is 23.9 Å². The summed E-state index contributed by atoms with van der Waals surface area (Å²) in [4.78, 5) is 0. The van der Waals surface area contributed by atoms with Crippen molar-refractivity contribution in [2.75, 3.05) is 13.2 Å². The Morgan fingerprint density at radius 3 is 2.62 bits per heavy atom. The molecule has 21 heavy (non-hydrogen) atoms. The fourth-order valence-electron chi connectivity index (χ4n) is 2.26. The van der Waals surface area contributed by atoms with Crippen molar-refractivity contribution in [3.8, 4) is 11.8 Å². The summed E-state index contributed by atoms with van der Waals surface area (Å²) in [5, 5.41) is 22.2. The molecule has 2 atom stereocenters. The quantitative estimate of drug-likeness (QED) is 0.810. The third-order valence-electron chi connectivity index (χ3n) is 3.06. The topological polar surface area (TPSA) is 65.3 Å². The zero-order valence-corrected chi connectivity index (χ0v) is 13.4. The van der Waals surface area contributed by atoms with Crippen LogP contribution in [0.1, 0.15) is 39.7 Å². The van der Waals surface area contributed by atoms with Gasteiger partial charge in [0.15, 0.2) is 0 Å². The van der Waals surface area contributed by atoms with Crippen molar-refractivity contribution in [3.05, 3.63) is 29.8 Å². The minimum absolute atomic E-state index is 0.175. The van der Waals surface area contributed by atoms with E-state index in [1.807, 2.05) is 6.07 Å². The second-order valence-corrected chi connectivity index (χ2v) is 6.65. The Morgan fingerprint density at radius 2 is 2.00 bits per heavy atom. The van der Waals surface area contributed by atoms with Gasteiger partial charge in [-0.1, -0.05) is 32.9 Å². The third kappa shape index (κ3) is 7.12. The van der Waals surface area contributed by atoms with E-state index in [2.05, 4.69) is 39.1 Å². The second kappa shape index (κ2) is 8.02. The van der Waals surface area contributed by atoms with Crippen LogP contribution in [0, 0.1) is 16.7 Å². The van der Waals surface area contributed by atoms with E-state index in [9.17, 15) is 5.11 Å². The van der Waals surface area contributed by atoms with E-state index in [0.717, 1.165) is 6.42 Å². The number of para-hydroxylation sites is 1. The van der Waals surface area contributed by atoms with Gasteiger partial charge in [-0.25, -0.2) is 0 Å². The molecule has 0 aliphatic carbocycles. The number of nitriles is 1.